The Labute approximate surface area is 240 Å². The van der Waals surface area contributed by atoms with Gasteiger partial charge in [0.15, 0.2) is 0 Å². The Morgan fingerprint density at radius 1 is 0.524 bits per heavy atom. The van der Waals surface area contributed by atoms with Gasteiger partial charge in [0.05, 0.1) is 35.6 Å². The van der Waals surface area contributed by atoms with Crippen LogP contribution in [0, 0.1) is 0 Å². The van der Waals surface area contributed by atoms with Gasteiger partial charge in [-0.1, -0.05) is 24.3 Å². The van der Waals surface area contributed by atoms with Crippen molar-refractivity contribution in [2.75, 3.05) is 13.1 Å². The van der Waals surface area contributed by atoms with Gasteiger partial charge in [-0.05, 0) is 35.4 Å². The van der Waals surface area contributed by atoms with Crippen molar-refractivity contribution in [2.45, 2.75) is 25.0 Å². The molecule has 2 atom stereocenters. The lowest BCUT2D eigenvalue weighted by atomic mass is 9.94. The molecular formula is C32H28N2O8. The quantitative estimate of drug-likeness (QED) is 0.178. The standard InChI is InChI=1S/C32H28N2O8/c35-19-5-1-17(2-6-19)27-15-23(31-25(39)11-21(37)13-29(31)41-27)33-9-10-34-24-16-28(18-3-7-20(36)8-4-18)42-30-14-22(38)12-26(40)32(24)30/h1-8,11-14,27-28,35-40H,9-10,15-16H2. The van der Waals surface area contributed by atoms with Gasteiger partial charge in [0.1, 0.15) is 58.2 Å². The number of benzene rings is 4. The molecule has 2 aliphatic rings. The second-order valence-electron chi connectivity index (χ2n) is 10.1. The number of rotatable bonds is 5. The molecule has 0 amide bonds. The second kappa shape index (κ2) is 10.9. The van der Waals surface area contributed by atoms with Gasteiger partial charge in [-0.15, -0.1) is 0 Å². The highest BCUT2D eigenvalue weighted by Gasteiger charge is 2.31. The number of fused-ring (bicyclic) bond motifs is 2. The molecule has 0 spiro atoms. The Bertz CT molecular complexity index is 1570. The van der Waals surface area contributed by atoms with Gasteiger partial charge in [-0.2, -0.15) is 0 Å². The minimum Gasteiger partial charge on any atom is -0.508 e. The van der Waals surface area contributed by atoms with Crippen molar-refractivity contribution >= 4 is 11.4 Å². The fourth-order valence-electron chi connectivity index (χ4n) is 5.29. The summed E-state index contributed by atoms with van der Waals surface area (Å²) in [7, 11) is 0. The van der Waals surface area contributed by atoms with E-state index in [9.17, 15) is 30.6 Å². The fourth-order valence-corrected chi connectivity index (χ4v) is 5.29. The van der Waals surface area contributed by atoms with Crippen molar-refractivity contribution in [3.8, 4) is 46.0 Å². The van der Waals surface area contributed by atoms with Crippen LogP contribution in [0.25, 0.3) is 0 Å². The normalized spacial score (nSPS) is 19.5. The molecule has 42 heavy (non-hydrogen) atoms. The predicted octanol–water partition coefficient (Wildman–Crippen LogP) is 5.25. The molecule has 10 nitrogen and oxygen atoms in total. The van der Waals surface area contributed by atoms with Crippen molar-refractivity contribution in [1.29, 1.82) is 0 Å². The third kappa shape index (κ3) is 5.34. The summed E-state index contributed by atoms with van der Waals surface area (Å²) in [4.78, 5) is 9.50. The van der Waals surface area contributed by atoms with Crippen molar-refractivity contribution in [3.05, 3.63) is 95.1 Å². The average molecular weight is 569 g/mol. The van der Waals surface area contributed by atoms with Crippen LogP contribution in [-0.2, 0) is 0 Å². The molecule has 6 rings (SSSR count). The molecule has 6 N–H and O–H groups in total. The Morgan fingerprint density at radius 3 is 1.29 bits per heavy atom. The zero-order chi connectivity index (χ0) is 29.4. The first-order valence-corrected chi connectivity index (χ1v) is 13.4. The first kappa shape index (κ1) is 26.8. The summed E-state index contributed by atoms with van der Waals surface area (Å²) >= 11 is 0. The van der Waals surface area contributed by atoms with E-state index in [2.05, 4.69) is 0 Å². The topological polar surface area (TPSA) is 165 Å². The van der Waals surface area contributed by atoms with E-state index in [1.165, 1.54) is 24.3 Å². The Hall–Kier alpha value is -5.38. The molecule has 0 bridgehead atoms. The molecule has 2 heterocycles. The molecular weight excluding hydrogens is 540 g/mol. The summed E-state index contributed by atoms with van der Waals surface area (Å²) < 4.78 is 12.2. The summed E-state index contributed by atoms with van der Waals surface area (Å²) in [5.41, 5.74) is 3.54. The molecule has 0 aromatic heterocycles. The smallest absolute Gasteiger partial charge is 0.136 e. The number of aliphatic imine (C=N–C) groups is 2. The number of phenols is 6. The zero-order valence-electron chi connectivity index (χ0n) is 22.3. The summed E-state index contributed by atoms with van der Waals surface area (Å²) in [5, 5.41) is 60.7. The monoisotopic (exact) mass is 568 g/mol. The highest BCUT2D eigenvalue weighted by atomic mass is 16.5. The number of hydrogen-bond acceptors (Lipinski definition) is 10. The van der Waals surface area contributed by atoms with Crippen LogP contribution in [0.4, 0.5) is 0 Å². The predicted molar refractivity (Wildman–Crippen MR) is 155 cm³/mol. The van der Waals surface area contributed by atoms with Gasteiger partial charge in [0.25, 0.3) is 0 Å². The second-order valence-corrected chi connectivity index (χ2v) is 10.1. The maximum Gasteiger partial charge on any atom is 0.136 e. The van der Waals surface area contributed by atoms with E-state index in [0.29, 0.717) is 46.9 Å². The molecule has 2 aliphatic heterocycles. The van der Waals surface area contributed by atoms with E-state index >= 15 is 0 Å². The summed E-state index contributed by atoms with van der Waals surface area (Å²) in [5.74, 6) is 0.247. The average Bonchev–Trinajstić information content (AvgIpc) is 2.95. The highest BCUT2D eigenvalue weighted by Crippen LogP contribution is 2.43. The Morgan fingerprint density at radius 2 is 0.905 bits per heavy atom. The van der Waals surface area contributed by atoms with Crippen LogP contribution >= 0.6 is 0 Å². The van der Waals surface area contributed by atoms with Gasteiger partial charge in [0.2, 0.25) is 0 Å². The summed E-state index contributed by atoms with van der Waals surface area (Å²) in [6.45, 7) is 0.500. The molecule has 0 saturated heterocycles. The molecule has 0 radical (unpaired) electrons. The highest BCUT2D eigenvalue weighted by molar-refractivity contribution is 6.07. The lowest BCUT2D eigenvalue weighted by Crippen LogP contribution is -2.22. The van der Waals surface area contributed by atoms with E-state index < -0.39 is 12.2 Å². The molecule has 4 aromatic carbocycles. The Balaban J connectivity index is 1.29. The van der Waals surface area contributed by atoms with Crippen LogP contribution < -0.4 is 9.47 Å². The largest absolute Gasteiger partial charge is 0.508 e. The van der Waals surface area contributed by atoms with Crippen molar-refractivity contribution < 1.29 is 40.1 Å². The third-order valence-corrected chi connectivity index (χ3v) is 7.24. The molecule has 214 valence electrons. The third-order valence-electron chi connectivity index (χ3n) is 7.24. The molecule has 2 unspecified atom stereocenters. The van der Waals surface area contributed by atoms with Crippen LogP contribution in [0.15, 0.2) is 82.8 Å². The van der Waals surface area contributed by atoms with Gasteiger partial charge in [-0.3, -0.25) is 9.98 Å². The molecule has 4 aromatic rings. The Kier molecular flexibility index (Phi) is 6.95. The maximum absolute atomic E-state index is 10.6. The minimum atomic E-state index is -0.456. The molecule has 0 aliphatic carbocycles. The zero-order valence-corrected chi connectivity index (χ0v) is 22.3. The first-order valence-electron chi connectivity index (χ1n) is 13.4. The number of aromatic hydroxyl groups is 6. The van der Waals surface area contributed by atoms with E-state index in [4.69, 9.17) is 19.5 Å². The number of nitrogens with zero attached hydrogens (tertiary/aromatic N) is 2. The summed E-state index contributed by atoms with van der Waals surface area (Å²) in [6, 6.07) is 18.6. The van der Waals surface area contributed by atoms with Gasteiger partial charge >= 0.3 is 0 Å². The lowest BCUT2D eigenvalue weighted by molar-refractivity contribution is 0.203. The van der Waals surface area contributed by atoms with Gasteiger partial charge < -0.3 is 40.1 Å². The maximum atomic E-state index is 10.6. The van der Waals surface area contributed by atoms with Crippen molar-refractivity contribution in [2.24, 2.45) is 9.98 Å². The van der Waals surface area contributed by atoms with E-state index in [0.717, 1.165) is 11.1 Å². The van der Waals surface area contributed by atoms with Crippen LogP contribution in [0.3, 0.4) is 0 Å². The first-order chi connectivity index (χ1) is 20.2. The fraction of sp³-hybridized carbons (Fsp3) is 0.188. The summed E-state index contributed by atoms with van der Waals surface area (Å²) in [6.07, 6.45) is -0.233. The number of phenolic OH excluding ortho intramolecular Hbond substituents is 6. The van der Waals surface area contributed by atoms with Crippen LogP contribution in [0.2, 0.25) is 0 Å². The van der Waals surface area contributed by atoms with Crippen molar-refractivity contribution in [1.82, 2.24) is 0 Å². The van der Waals surface area contributed by atoms with E-state index in [1.807, 2.05) is 0 Å². The van der Waals surface area contributed by atoms with Gasteiger partial charge in [0, 0.05) is 37.1 Å². The minimum absolute atomic E-state index is 0.127. The molecule has 10 heteroatoms. The number of ether oxygens (including phenoxy) is 2. The SMILES string of the molecule is Oc1ccc(C2CC(=NCCN=C3CC(c4ccc(O)cc4)Oc4cc(O)cc(O)c43)c3c(O)cc(O)cc3O2)cc1. The molecule has 0 saturated carbocycles. The van der Waals surface area contributed by atoms with E-state index in [1.54, 1.807) is 48.5 Å². The van der Waals surface area contributed by atoms with Gasteiger partial charge in [-0.25, -0.2) is 0 Å². The van der Waals surface area contributed by atoms with Crippen LogP contribution in [0.1, 0.15) is 47.3 Å². The van der Waals surface area contributed by atoms with Crippen LogP contribution in [-0.4, -0.2) is 55.2 Å². The van der Waals surface area contributed by atoms with Crippen LogP contribution in [0.5, 0.6) is 46.0 Å². The van der Waals surface area contributed by atoms with Crippen molar-refractivity contribution in [3.63, 3.8) is 0 Å². The lowest BCUT2D eigenvalue weighted by Gasteiger charge is -2.29. The molecule has 0 fully saturated rings. The number of hydrogen-bond donors (Lipinski definition) is 6. The van der Waals surface area contributed by atoms with E-state index in [-0.39, 0.29) is 47.6 Å².